The van der Waals surface area contributed by atoms with E-state index >= 15 is 0 Å². The normalized spacial score (nSPS) is 18.3. The highest BCUT2D eigenvalue weighted by molar-refractivity contribution is 7.91. The maximum absolute atomic E-state index is 11.5. The summed E-state index contributed by atoms with van der Waals surface area (Å²) in [7, 11) is -0.782. The fourth-order valence-electron chi connectivity index (χ4n) is 2.67. The van der Waals surface area contributed by atoms with Crippen LogP contribution in [0.3, 0.4) is 0 Å². The van der Waals surface area contributed by atoms with Crippen molar-refractivity contribution in [3.8, 4) is 0 Å². The van der Waals surface area contributed by atoms with Gasteiger partial charge in [0.2, 0.25) is 0 Å². The van der Waals surface area contributed by atoms with Gasteiger partial charge in [-0.2, -0.15) is 0 Å². The van der Waals surface area contributed by atoms with Crippen molar-refractivity contribution in [2.75, 3.05) is 51.3 Å². The van der Waals surface area contributed by atoms with Crippen molar-refractivity contribution in [3.05, 3.63) is 35.9 Å². The van der Waals surface area contributed by atoms with E-state index in [4.69, 9.17) is 0 Å². The average Bonchev–Trinajstić information content (AvgIpc) is 2.56. The first kappa shape index (κ1) is 18.7. The minimum atomic E-state index is -2.81. The lowest BCUT2D eigenvalue weighted by molar-refractivity contribution is 0.303. The van der Waals surface area contributed by atoms with E-state index in [0.717, 1.165) is 25.6 Å². The van der Waals surface area contributed by atoms with Gasteiger partial charge in [0.1, 0.15) is 0 Å². The van der Waals surface area contributed by atoms with Crippen LogP contribution in [0.1, 0.15) is 12.5 Å². The Labute approximate surface area is 145 Å². The lowest BCUT2D eigenvalue weighted by Crippen LogP contribution is -2.42. The Balaban J connectivity index is 1.86. The van der Waals surface area contributed by atoms with E-state index in [1.807, 2.05) is 25.2 Å². The molecule has 7 heteroatoms. The van der Waals surface area contributed by atoms with Gasteiger partial charge in [-0.15, -0.1) is 0 Å². The number of benzene rings is 1. The number of hydrogen-bond donors (Lipinski definition) is 1. The number of rotatable bonds is 6. The van der Waals surface area contributed by atoms with Crippen molar-refractivity contribution in [2.24, 2.45) is 4.99 Å². The lowest BCUT2D eigenvalue weighted by atomic mass is 10.2. The number of nitrogens with one attached hydrogen (secondary N) is 1. The minimum absolute atomic E-state index is 0.269. The fourth-order valence-corrected chi connectivity index (χ4v) is 3.95. The van der Waals surface area contributed by atoms with Crippen molar-refractivity contribution in [1.29, 1.82) is 0 Å². The number of guanidine groups is 1. The highest BCUT2D eigenvalue weighted by Gasteiger charge is 2.20. The van der Waals surface area contributed by atoms with Crippen LogP contribution in [0.25, 0.3) is 0 Å². The van der Waals surface area contributed by atoms with Crippen molar-refractivity contribution in [3.63, 3.8) is 0 Å². The third-order valence-electron chi connectivity index (χ3n) is 4.07. The molecule has 0 aromatic heterocycles. The third-order valence-corrected chi connectivity index (χ3v) is 5.68. The predicted molar refractivity (Wildman–Crippen MR) is 99.0 cm³/mol. The van der Waals surface area contributed by atoms with Crippen LogP contribution in [0.5, 0.6) is 0 Å². The summed E-state index contributed by atoms with van der Waals surface area (Å²) in [5, 5.41) is 3.31. The Bertz CT molecular complexity index is 617. The summed E-state index contributed by atoms with van der Waals surface area (Å²) in [5.74, 6) is 1.42. The van der Waals surface area contributed by atoms with Crippen LogP contribution in [-0.4, -0.2) is 75.5 Å². The van der Waals surface area contributed by atoms with Gasteiger partial charge in [0.15, 0.2) is 15.8 Å². The SMILES string of the molecule is CCNC(=NCCN1CCS(=O)(=O)CC1)N(C)Cc1ccccc1. The molecule has 1 aromatic rings. The minimum Gasteiger partial charge on any atom is -0.357 e. The Kier molecular flexibility index (Phi) is 7.05. The molecule has 1 aliphatic heterocycles. The Morgan fingerprint density at radius 1 is 1.25 bits per heavy atom. The average molecular weight is 353 g/mol. The standard InChI is InChI=1S/C17H28N4O2S/c1-3-18-17(20(2)15-16-7-5-4-6-8-16)19-9-10-21-11-13-24(22,23)14-12-21/h4-8H,3,9-15H2,1-2H3,(H,18,19). The van der Waals surface area contributed by atoms with Crippen molar-refractivity contribution >= 4 is 15.8 Å². The molecule has 24 heavy (non-hydrogen) atoms. The van der Waals surface area contributed by atoms with Crippen molar-refractivity contribution in [2.45, 2.75) is 13.5 Å². The molecular weight excluding hydrogens is 324 g/mol. The third kappa shape index (κ3) is 6.13. The molecule has 1 aromatic carbocycles. The monoisotopic (exact) mass is 352 g/mol. The van der Waals surface area contributed by atoms with E-state index in [1.165, 1.54) is 5.56 Å². The molecular formula is C17H28N4O2S. The quantitative estimate of drug-likeness (QED) is 0.606. The molecule has 0 saturated carbocycles. The predicted octanol–water partition coefficient (Wildman–Crippen LogP) is 0.814. The molecule has 1 saturated heterocycles. The lowest BCUT2D eigenvalue weighted by Gasteiger charge is -2.26. The summed E-state index contributed by atoms with van der Waals surface area (Å²) in [4.78, 5) is 8.96. The molecule has 1 fully saturated rings. The molecule has 134 valence electrons. The van der Waals surface area contributed by atoms with Crippen LogP contribution < -0.4 is 5.32 Å². The van der Waals surface area contributed by atoms with Crippen molar-refractivity contribution in [1.82, 2.24) is 15.1 Å². The fraction of sp³-hybridized carbons (Fsp3) is 0.588. The second-order valence-corrected chi connectivity index (χ2v) is 8.37. The number of hydrogen-bond acceptors (Lipinski definition) is 4. The summed E-state index contributed by atoms with van der Waals surface area (Å²) >= 11 is 0. The number of aliphatic imine (C=N–C) groups is 1. The van der Waals surface area contributed by atoms with Crippen LogP contribution in [-0.2, 0) is 16.4 Å². The van der Waals surface area contributed by atoms with E-state index in [0.29, 0.717) is 19.6 Å². The van der Waals surface area contributed by atoms with Gasteiger partial charge >= 0.3 is 0 Å². The van der Waals surface area contributed by atoms with E-state index in [2.05, 4.69) is 39.2 Å². The van der Waals surface area contributed by atoms with E-state index in [1.54, 1.807) is 0 Å². The molecule has 1 N–H and O–H groups in total. The van der Waals surface area contributed by atoms with Gasteiger partial charge in [-0.1, -0.05) is 30.3 Å². The Morgan fingerprint density at radius 3 is 2.54 bits per heavy atom. The zero-order valence-electron chi connectivity index (χ0n) is 14.6. The first-order chi connectivity index (χ1) is 11.5. The molecule has 1 heterocycles. The second-order valence-electron chi connectivity index (χ2n) is 6.07. The summed E-state index contributed by atoms with van der Waals surface area (Å²) in [6, 6.07) is 10.3. The van der Waals surface area contributed by atoms with Gasteiger partial charge in [0.25, 0.3) is 0 Å². The molecule has 0 bridgehead atoms. The zero-order chi connectivity index (χ0) is 17.4. The molecule has 0 atom stereocenters. The molecule has 0 amide bonds. The molecule has 0 aliphatic carbocycles. The van der Waals surface area contributed by atoms with Gasteiger partial charge in [0.05, 0.1) is 18.1 Å². The molecule has 1 aliphatic rings. The maximum atomic E-state index is 11.5. The smallest absolute Gasteiger partial charge is 0.194 e. The maximum Gasteiger partial charge on any atom is 0.194 e. The summed E-state index contributed by atoms with van der Waals surface area (Å²) < 4.78 is 22.9. The second kappa shape index (κ2) is 9.03. The first-order valence-electron chi connectivity index (χ1n) is 8.46. The molecule has 0 spiro atoms. The van der Waals surface area contributed by atoms with E-state index in [-0.39, 0.29) is 11.5 Å². The van der Waals surface area contributed by atoms with Crippen LogP contribution in [0.2, 0.25) is 0 Å². The zero-order valence-corrected chi connectivity index (χ0v) is 15.4. The van der Waals surface area contributed by atoms with Crippen molar-refractivity contribution < 1.29 is 8.42 Å². The highest BCUT2D eigenvalue weighted by Crippen LogP contribution is 2.04. The topological polar surface area (TPSA) is 65.0 Å². The van der Waals surface area contributed by atoms with Crippen LogP contribution in [0.15, 0.2) is 35.3 Å². The molecule has 6 nitrogen and oxygen atoms in total. The van der Waals surface area contributed by atoms with Gasteiger partial charge < -0.3 is 10.2 Å². The summed E-state index contributed by atoms with van der Waals surface area (Å²) in [5.41, 5.74) is 1.24. The molecule has 0 radical (unpaired) electrons. The Hall–Kier alpha value is -1.60. The number of sulfone groups is 1. The highest BCUT2D eigenvalue weighted by atomic mass is 32.2. The number of nitrogens with zero attached hydrogens (tertiary/aromatic N) is 3. The van der Waals surface area contributed by atoms with Gasteiger partial charge in [-0.05, 0) is 12.5 Å². The summed E-state index contributed by atoms with van der Waals surface area (Å²) in [6.07, 6.45) is 0. The Morgan fingerprint density at radius 2 is 1.92 bits per heavy atom. The first-order valence-corrected chi connectivity index (χ1v) is 10.3. The van der Waals surface area contributed by atoms with Gasteiger partial charge in [-0.3, -0.25) is 9.89 Å². The summed E-state index contributed by atoms with van der Waals surface area (Å²) in [6.45, 7) is 6.38. The van der Waals surface area contributed by atoms with Gasteiger partial charge in [0, 0.05) is 39.8 Å². The van der Waals surface area contributed by atoms with Crippen LogP contribution >= 0.6 is 0 Å². The largest absolute Gasteiger partial charge is 0.357 e. The van der Waals surface area contributed by atoms with Crippen LogP contribution in [0, 0.1) is 0 Å². The van der Waals surface area contributed by atoms with Gasteiger partial charge in [-0.25, -0.2) is 8.42 Å². The van der Waals surface area contributed by atoms with Crippen LogP contribution in [0.4, 0.5) is 0 Å². The molecule has 2 rings (SSSR count). The van der Waals surface area contributed by atoms with E-state index < -0.39 is 9.84 Å². The van der Waals surface area contributed by atoms with E-state index in [9.17, 15) is 8.42 Å². The molecule has 0 unspecified atom stereocenters.